The number of phenols is 1. The first kappa shape index (κ1) is 77.9. The predicted molar refractivity (Wildman–Crippen MR) is 380 cm³/mol. The molecular weight excluding hydrogens is 1070 g/mol. The Labute approximate surface area is 535 Å². The number of aromatic hydroxyl groups is 1. The third-order valence-corrected chi connectivity index (χ3v) is 20.7. The summed E-state index contributed by atoms with van der Waals surface area (Å²) in [7, 11) is -3.45. The van der Waals surface area contributed by atoms with E-state index in [1.54, 1.807) is 0 Å². The molecule has 3 rings (SSSR count). The Hall–Kier alpha value is -2.39. The molecule has 0 aliphatic heterocycles. The molecule has 0 aliphatic rings. The summed E-state index contributed by atoms with van der Waals surface area (Å²) in [5.74, 6) is 0.324. The third-order valence-electron chi connectivity index (χ3n) is 18.8. The third kappa shape index (κ3) is 46.7. The second kappa shape index (κ2) is 58.9. The lowest BCUT2D eigenvalue weighted by Crippen LogP contribution is -2.04. The first-order valence-electron chi connectivity index (χ1n) is 38.3. The summed E-state index contributed by atoms with van der Waals surface area (Å²) in [5.41, 5.74) is 4.89. The SMILES string of the molecule is CCCCCCCCCCCCCCCCCCCCCCCCCCCCCCOP(=O)(Cc1cc(Cc2ccccc2)c(O)c(Cc2ccccc2)c1)OCCCCCCCCCCCCCCCCCCCCCCCCCCCCCC. The van der Waals surface area contributed by atoms with Gasteiger partial charge in [-0.05, 0) is 40.7 Å². The summed E-state index contributed by atoms with van der Waals surface area (Å²) in [5, 5.41) is 11.6. The van der Waals surface area contributed by atoms with E-state index >= 15 is 0 Å². The zero-order valence-electron chi connectivity index (χ0n) is 57.2. The molecule has 0 bridgehead atoms. The quantitative estimate of drug-likeness (QED) is 0.0452. The average Bonchev–Trinajstić information content (AvgIpc) is 2.92. The molecule has 0 radical (unpaired) electrons. The molecular formula is C81H141O4P. The molecule has 4 nitrogen and oxygen atoms in total. The van der Waals surface area contributed by atoms with E-state index in [9.17, 15) is 9.67 Å². The molecule has 0 unspecified atom stereocenters. The first-order chi connectivity index (χ1) is 42.5. The molecule has 0 spiro atoms. The summed E-state index contributed by atoms with van der Waals surface area (Å²) >= 11 is 0. The van der Waals surface area contributed by atoms with Gasteiger partial charge in [-0.2, -0.15) is 0 Å². The molecule has 5 heteroatoms. The van der Waals surface area contributed by atoms with Crippen molar-refractivity contribution in [2.24, 2.45) is 0 Å². The second-order valence-corrected chi connectivity index (χ2v) is 29.2. The highest BCUT2D eigenvalue weighted by molar-refractivity contribution is 7.53. The number of rotatable bonds is 66. The molecule has 0 fully saturated rings. The van der Waals surface area contributed by atoms with Gasteiger partial charge in [0.15, 0.2) is 0 Å². The van der Waals surface area contributed by atoms with Crippen LogP contribution in [0.4, 0.5) is 0 Å². The minimum absolute atomic E-state index is 0.218. The molecule has 0 atom stereocenters. The van der Waals surface area contributed by atoms with Crippen LogP contribution in [0.1, 0.15) is 401 Å². The zero-order valence-corrected chi connectivity index (χ0v) is 58.1. The monoisotopic (exact) mass is 1210 g/mol. The summed E-state index contributed by atoms with van der Waals surface area (Å²) in [6.45, 7) is 5.53. The van der Waals surface area contributed by atoms with Crippen LogP contribution in [0.15, 0.2) is 72.8 Å². The Balaban J connectivity index is 1.25. The van der Waals surface area contributed by atoms with Gasteiger partial charge in [0, 0.05) is 12.8 Å². The summed E-state index contributed by atoms with van der Waals surface area (Å²) in [6.07, 6.45) is 79.1. The van der Waals surface area contributed by atoms with Crippen LogP contribution in [0.25, 0.3) is 0 Å². The lowest BCUT2D eigenvalue weighted by molar-refractivity contribution is 0.196. The van der Waals surface area contributed by atoms with Gasteiger partial charge in [-0.3, -0.25) is 4.57 Å². The number of unbranched alkanes of at least 4 members (excludes halogenated alkanes) is 54. The van der Waals surface area contributed by atoms with Gasteiger partial charge in [-0.15, -0.1) is 0 Å². The predicted octanol–water partition coefficient (Wildman–Crippen LogP) is 28.2. The van der Waals surface area contributed by atoms with Crippen molar-refractivity contribution in [2.45, 2.75) is 392 Å². The van der Waals surface area contributed by atoms with Gasteiger partial charge in [0.25, 0.3) is 0 Å². The fourth-order valence-corrected chi connectivity index (χ4v) is 14.8. The molecule has 0 saturated heterocycles. The van der Waals surface area contributed by atoms with E-state index in [-0.39, 0.29) is 6.16 Å². The van der Waals surface area contributed by atoms with Crippen molar-refractivity contribution < 1.29 is 18.7 Å². The van der Waals surface area contributed by atoms with E-state index in [4.69, 9.17) is 9.05 Å². The van der Waals surface area contributed by atoms with Crippen molar-refractivity contribution in [3.8, 4) is 5.75 Å². The maximum Gasteiger partial charge on any atom is 0.335 e. The molecule has 86 heavy (non-hydrogen) atoms. The number of benzene rings is 3. The molecule has 3 aromatic carbocycles. The van der Waals surface area contributed by atoms with Crippen LogP contribution in [0.3, 0.4) is 0 Å². The van der Waals surface area contributed by atoms with E-state index in [1.165, 1.54) is 334 Å². The zero-order chi connectivity index (χ0) is 61.0. The van der Waals surface area contributed by atoms with Gasteiger partial charge in [0.2, 0.25) is 0 Å². The van der Waals surface area contributed by atoms with E-state index < -0.39 is 7.60 Å². The van der Waals surface area contributed by atoms with Gasteiger partial charge >= 0.3 is 7.60 Å². The molecule has 0 amide bonds. The fourth-order valence-electron chi connectivity index (χ4n) is 13.1. The average molecular weight is 1210 g/mol. The van der Waals surface area contributed by atoms with Crippen LogP contribution in [0.5, 0.6) is 5.75 Å². The number of hydrogen-bond donors (Lipinski definition) is 1. The van der Waals surface area contributed by atoms with E-state index in [0.717, 1.165) is 53.5 Å². The van der Waals surface area contributed by atoms with E-state index in [1.807, 2.05) is 48.5 Å². The number of phenolic OH excluding ortho intramolecular Hbond substituents is 1. The smallest absolute Gasteiger partial charge is 0.335 e. The van der Waals surface area contributed by atoms with Crippen molar-refractivity contribution in [3.63, 3.8) is 0 Å². The van der Waals surface area contributed by atoms with Crippen molar-refractivity contribution in [3.05, 3.63) is 101 Å². The Morgan fingerprint density at radius 3 is 0.686 bits per heavy atom. The Morgan fingerprint density at radius 1 is 0.279 bits per heavy atom. The van der Waals surface area contributed by atoms with Crippen molar-refractivity contribution in [2.75, 3.05) is 13.2 Å². The molecule has 3 aromatic rings. The van der Waals surface area contributed by atoms with Crippen LogP contribution in [-0.2, 0) is 32.6 Å². The highest BCUT2D eigenvalue weighted by Gasteiger charge is 2.27. The van der Waals surface area contributed by atoms with Crippen LogP contribution < -0.4 is 0 Å². The largest absolute Gasteiger partial charge is 0.507 e. The van der Waals surface area contributed by atoms with E-state index in [0.29, 0.717) is 31.8 Å². The van der Waals surface area contributed by atoms with Crippen molar-refractivity contribution in [1.82, 2.24) is 0 Å². The van der Waals surface area contributed by atoms with Crippen LogP contribution >= 0.6 is 7.60 Å². The molecule has 0 saturated carbocycles. The summed E-state index contributed by atoms with van der Waals surface area (Å²) in [4.78, 5) is 0. The molecule has 1 N–H and O–H groups in total. The van der Waals surface area contributed by atoms with Crippen molar-refractivity contribution >= 4 is 7.60 Å². The van der Waals surface area contributed by atoms with Crippen LogP contribution in [0.2, 0.25) is 0 Å². The maximum atomic E-state index is 14.8. The Bertz CT molecular complexity index is 1790. The molecule has 0 aliphatic carbocycles. The lowest BCUT2D eigenvalue weighted by Gasteiger charge is -2.21. The lowest BCUT2D eigenvalue weighted by atomic mass is 9.95. The Morgan fingerprint density at radius 2 is 0.477 bits per heavy atom. The van der Waals surface area contributed by atoms with Crippen LogP contribution in [-0.4, -0.2) is 18.3 Å². The van der Waals surface area contributed by atoms with Crippen molar-refractivity contribution in [1.29, 1.82) is 0 Å². The standard InChI is InChI=1S/C81H141O4P/c1-3-5-7-9-11-13-15-17-19-21-23-25-27-29-31-33-35-37-39-41-43-45-47-49-51-53-55-63-69-84-86(83,75-78-73-79(71-76-65-59-57-60-66-76)81(82)80(74-78)72-77-67-61-58-62-68-77)85-70-64-56-54-52-50-48-46-44-42-40-38-36-34-32-30-28-26-24-22-20-18-16-14-12-10-8-6-4-2/h57-62,65-68,73-74,82H,3-56,63-64,69-72,75H2,1-2H3. The minimum Gasteiger partial charge on any atom is -0.507 e. The van der Waals surface area contributed by atoms with Crippen LogP contribution in [0, 0.1) is 0 Å². The van der Waals surface area contributed by atoms with E-state index in [2.05, 4.69) is 38.1 Å². The van der Waals surface area contributed by atoms with Gasteiger partial charge in [-0.25, -0.2) is 0 Å². The molecule has 0 heterocycles. The Kier molecular flexibility index (Phi) is 53.4. The van der Waals surface area contributed by atoms with Gasteiger partial charge in [0.05, 0.1) is 19.4 Å². The highest BCUT2D eigenvalue weighted by atomic mass is 31.2. The first-order valence-corrected chi connectivity index (χ1v) is 40.1. The minimum atomic E-state index is -3.45. The maximum absolute atomic E-state index is 14.8. The summed E-state index contributed by atoms with van der Waals surface area (Å²) < 4.78 is 27.6. The number of hydrogen-bond acceptors (Lipinski definition) is 4. The van der Waals surface area contributed by atoms with Gasteiger partial charge in [-0.1, -0.05) is 433 Å². The normalized spacial score (nSPS) is 11.8. The van der Waals surface area contributed by atoms with Gasteiger partial charge in [0.1, 0.15) is 5.75 Å². The topological polar surface area (TPSA) is 55.8 Å². The molecule has 0 aromatic heterocycles. The van der Waals surface area contributed by atoms with Gasteiger partial charge < -0.3 is 14.2 Å². The summed E-state index contributed by atoms with van der Waals surface area (Å²) in [6, 6.07) is 24.8. The molecule has 494 valence electrons. The fraction of sp³-hybridized carbons (Fsp3) is 0.778. The second-order valence-electron chi connectivity index (χ2n) is 27.1. The highest BCUT2D eigenvalue weighted by Crippen LogP contribution is 2.52.